The van der Waals surface area contributed by atoms with E-state index in [2.05, 4.69) is 20.4 Å². The molecule has 0 aromatic heterocycles. The Hall–Kier alpha value is -5.21. The van der Waals surface area contributed by atoms with Gasteiger partial charge in [0.15, 0.2) is 75.6 Å². The normalized spacial score (nSPS) is 16.4. The number of benzene rings is 6. The highest BCUT2D eigenvalue weighted by molar-refractivity contribution is 7.05. The maximum Gasteiger partial charge on any atom is 0.253 e. The van der Waals surface area contributed by atoms with Crippen LogP contribution in [0.25, 0.3) is 22.3 Å². The van der Waals surface area contributed by atoms with E-state index in [1.54, 1.807) is 33.9 Å². The zero-order valence-corrected chi connectivity index (χ0v) is 47.4. The zero-order chi connectivity index (χ0) is 57.2. The van der Waals surface area contributed by atoms with E-state index in [0.29, 0.717) is 18.9 Å². The lowest BCUT2D eigenvalue weighted by atomic mass is 9.06. The van der Waals surface area contributed by atoms with Crippen LogP contribution >= 0.6 is 0 Å². The molecule has 4 unspecified atom stereocenters. The first kappa shape index (κ1) is 58.9. The largest absolute Gasteiger partial charge is 0.539 e. The zero-order valence-electron chi connectivity index (χ0n) is 44.4. The molecule has 0 spiro atoms. The maximum absolute atomic E-state index is 18.6. The third-order valence-electron chi connectivity index (χ3n) is 17.7. The lowest BCUT2D eigenvalue weighted by Gasteiger charge is -2.53. The predicted molar refractivity (Wildman–Crippen MR) is 284 cm³/mol. The lowest BCUT2D eigenvalue weighted by Crippen LogP contribution is -2.70. The molecular formula is C58H58BF15OSi3-. The molecule has 1 nitrogen and oxygen atoms in total. The summed E-state index contributed by atoms with van der Waals surface area (Å²) in [6, 6.07) is 12.2. The van der Waals surface area contributed by atoms with Crippen LogP contribution in [0.2, 0.25) is 55.4 Å². The van der Waals surface area contributed by atoms with E-state index < -0.39 is 197 Å². The molecule has 20 heteroatoms. The molecule has 0 aliphatic heterocycles. The average Bonchev–Trinajstić information content (AvgIpc) is 3.86. The Bertz CT molecular complexity index is 3300. The van der Waals surface area contributed by atoms with Crippen molar-refractivity contribution < 1.29 is 70.3 Å². The monoisotopic (exact) mass is 1150 g/mol. The first-order valence-electron chi connectivity index (χ1n) is 26.5. The van der Waals surface area contributed by atoms with Crippen LogP contribution in [0.4, 0.5) is 65.9 Å². The fraction of sp³-hybridized carbons (Fsp3) is 0.379. The molecule has 8 rings (SSSR count). The summed E-state index contributed by atoms with van der Waals surface area (Å²) in [5, 5.41) is 0.288. The lowest BCUT2D eigenvalue weighted by molar-refractivity contribution is 0.385. The Morgan fingerprint density at radius 1 is 0.500 bits per heavy atom. The van der Waals surface area contributed by atoms with Crippen molar-refractivity contribution in [3.05, 3.63) is 164 Å². The van der Waals surface area contributed by atoms with Crippen molar-refractivity contribution in [2.75, 3.05) is 0 Å². The van der Waals surface area contributed by atoms with Crippen LogP contribution in [0.5, 0.6) is 5.75 Å². The van der Waals surface area contributed by atoms with Crippen LogP contribution in [-0.4, -0.2) is 31.3 Å². The Morgan fingerprint density at radius 3 is 1.50 bits per heavy atom. The SMILES string of the molecule is CC[Si](C)(CC)CCCCCCCC[Si](CC)(Oc1c(F)c(F)c([B-](c2ccc(F)c(F)c2F)(C2c3ccccc3-c3c(F)c(F)c(F)c(F)c32)C2c3cc([Si](C)C)ccc3-c3c(F)c(F)c(F)c(F)c32)c(F)c1F)C(C)C. The van der Waals surface area contributed by atoms with Crippen molar-refractivity contribution >= 4 is 47.4 Å². The first-order chi connectivity index (χ1) is 36.8. The van der Waals surface area contributed by atoms with Crippen molar-refractivity contribution in [1.29, 1.82) is 0 Å². The van der Waals surface area contributed by atoms with Crippen LogP contribution in [0.3, 0.4) is 0 Å². The highest BCUT2D eigenvalue weighted by Crippen LogP contribution is 2.60. The third kappa shape index (κ3) is 9.28. The Labute approximate surface area is 448 Å². The van der Waals surface area contributed by atoms with Crippen molar-refractivity contribution in [2.45, 2.75) is 140 Å². The highest BCUT2D eigenvalue weighted by Gasteiger charge is 2.58. The van der Waals surface area contributed by atoms with Gasteiger partial charge in [0, 0.05) is 19.2 Å². The molecule has 4 atom stereocenters. The summed E-state index contributed by atoms with van der Waals surface area (Å²) in [6.07, 6.45) is -0.255. The Kier molecular flexibility index (Phi) is 16.9. The molecule has 0 N–H and O–H groups in total. The molecule has 0 heterocycles. The number of unbranched alkanes of at least 4 members (excludes halogenated alkanes) is 5. The van der Waals surface area contributed by atoms with Crippen molar-refractivity contribution in [3.8, 4) is 28.0 Å². The van der Waals surface area contributed by atoms with E-state index in [9.17, 15) is 0 Å². The summed E-state index contributed by atoms with van der Waals surface area (Å²) >= 11 is 0. The van der Waals surface area contributed by atoms with Crippen LogP contribution in [0.1, 0.15) is 107 Å². The topological polar surface area (TPSA) is 9.23 Å². The molecule has 1 radical (unpaired) electrons. The number of rotatable bonds is 20. The molecule has 0 amide bonds. The van der Waals surface area contributed by atoms with Crippen LogP contribution in [-0.2, 0) is 0 Å². The number of hydrogen-bond donors (Lipinski definition) is 0. The molecule has 2 aliphatic rings. The second kappa shape index (κ2) is 22.4. The van der Waals surface area contributed by atoms with Gasteiger partial charge in [-0.1, -0.05) is 176 Å². The minimum absolute atomic E-state index is 0.144. The van der Waals surface area contributed by atoms with Gasteiger partial charge in [0.05, 0.1) is 14.9 Å². The van der Waals surface area contributed by atoms with Crippen molar-refractivity contribution in [2.24, 2.45) is 0 Å². The molecule has 0 bridgehead atoms. The fourth-order valence-electron chi connectivity index (χ4n) is 12.9. The molecule has 417 valence electrons. The van der Waals surface area contributed by atoms with E-state index in [0.717, 1.165) is 62.1 Å². The molecule has 78 heavy (non-hydrogen) atoms. The Morgan fingerprint density at radius 2 is 0.987 bits per heavy atom. The number of hydrogen-bond acceptors (Lipinski definition) is 1. The summed E-state index contributed by atoms with van der Waals surface area (Å²) < 4.78 is 260. The van der Waals surface area contributed by atoms with Gasteiger partial charge in [-0.25, -0.2) is 57.1 Å². The summed E-state index contributed by atoms with van der Waals surface area (Å²) in [7, 11) is -6.62. The summed E-state index contributed by atoms with van der Waals surface area (Å²) in [6.45, 7) is 15.3. The second-order valence-electron chi connectivity index (χ2n) is 22.0. The fourth-order valence-corrected chi connectivity index (χ4v) is 19.7. The van der Waals surface area contributed by atoms with Gasteiger partial charge in [0.25, 0.3) is 8.32 Å². The first-order valence-corrected chi connectivity index (χ1v) is 34.5. The van der Waals surface area contributed by atoms with Gasteiger partial charge in [0.1, 0.15) is 17.5 Å². The minimum atomic E-state index is -5.26. The molecule has 0 fully saturated rings. The molecule has 2 aliphatic carbocycles. The molecular weight excluding hydrogens is 1090 g/mol. The van der Waals surface area contributed by atoms with E-state index >= 15 is 65.9 Å². The van der Waals surface area contributed by atoms with Crippen LogP contribution in [0.15, 0.2) is 54.6 Å². The van der Waals surface area contributed by atoms with Crippen LogP contribution < -0.4 is 20.5 Å². The van der Waals surface area contributed by atoms with E-state index in [4.69, 9.17) is 4.43 Å². The van der Waals surface area contributed by atoms with Gasteiger partial charge < -0.3 is 4.43 Å². The van der Waals surface area contributed by atoms with E-state index in [1.165, 1.54) is 24.2 Å². The summed E-state index contributed by atoms with van der Waals surface area (Å²) in [5.41, 5.74) is -11.9. The highest BCUT2D eigenvalue weighted by atomic mass is 28.4. The molecule has 6 aromatic rings. The summed E-state index contributed by atoms with van der Waals surface area (Å²) in [4.78, 5) is 0. The standard InChI is InChI=1S/C58H58BF15OSi3/c1-9-77(8,10-2)26-18-14-12-13-15-19-27-78(11-3,29(4)5)75-58-56(73)50(67)43(51(68)57(58)74)59(35-24-25-36(60)45(62)44(35)61,41-33-21-17-16-20-31(33)37-39(41)48(65)54(71)52(69)46(37)63)42-34-28-30(76(6)7)22-23-32(34)38-40(42)49(66)55(72)53(70)47(38)64/h16-17,20-25,28-29,41-42H,9-15,18-19,26-27H2,1-8H3/q-1. The molecule has 0 saturated heterocycles. The second-order valence-corrected chi connectivity index (χ2v) is 34.8. The van der Waals surface area contributed by atoms with E-state index in [-0.39, 0.29) is 23.3 Å². The summed E-state index contributed by atoms with van der Waals surface area (Å²) in [5.74, 6) is -42.7. The molecule has 6 aromatic carbocycles. The van der Waals surface area contributed by atoms with Gasteiger partial charge in [0.2, 0.25) is 0 Å². The minimum Gasteiger partial charge on any atom is -0.539 e. The quantitative estimate of drug-likeness (QED) is 0.0243. The van der Waals surface area contributed by atoms with E-state index in [1.807, 2.05) is 0 Å². The van der Waals surface area contributed by atoms with Gasteiger partial charge >= 0.3 is 0 Å². The molecule has 0 saturated carbocycles. The number of fused-ring (bicyclic) bond motifs is 6. The number of halogens is 15. The van der Waals surface area contributed by atoms with Gasteiger partial charge in [-0.05, 0) is 45.9 Å². The third-order valence-corrected chi connectivity index (χ3v) is 29.2. The van der Waals surface area contributed by atoms with Crippen molar-refractivity contribution in [1.82, 2.24) is 0 Å². The predicted octanol–water partition coefficient (Wildman–Crippen LogP) is 17.2. The van der Waals surface area contributed by atoms with Gasteiger partial charge in [-0.3, -0.25) is 0 Å². The average molecular weight is 1150 g/mol. The van der Waals surface area contributed by atoms with Crippen LogP contribution in [0, 0.1) is 87.3 Å². The van der Waals surface area contributed by atoms with Crippen molar-refractivity contribution in [3.63, 3.8) is 0 Å². The Balaban J connectivity index is 1.47. The van der Waals surface area contributed by atoms with Gasteiger partial charge in [-0.15, -0.1) is 17.1 Å². The maximum atomic E-state index is 18.6. The smallest absolute Gasteiger partial charge is 0.253 e. The van der Waals surface area contributed by atoms with Gasteiger partial charge in [-0.2, -0.15) is 14.2 Å².